The van der Waals surface area contributed by atoms with Crippen LogP contribution in [0.4, 0.5) is 26.1 Å². The number of halogens is 2. The lowest BCUT2D eigenvalue weighted by Gasteiger charge is -2.36. The van der Waals surface area contributed by atoms with Gasteiger partial charge < -0.3 is 19.7 Å². The van der Waals surface area contributed by atoms with Crippen molar-refractivity contribution in [1.82, 2.24) is 15.2 Å². The van der Waals surface area contributed by atoms with Crippen molar-refractivity contribution in [3.63, 3.8) is 0 Å². The van der Waals surface area contributed by atoms with E-state index in [-0.39, 0.29) is 18.0 Å². The number of morpholine rings is 1. The lowest BCUT2D eigenvalue weighted by Crippen LogP contribution is -2.45. The highest BCUT2D eigenvalue weighted by atomic mass is 19.3. The van der Waals surface area contributed by atoms with Gasteiger partial charge >= 0.3 is 6.61 Å². The third-order valence-electron chi connectivity index (χ3n) is 4.86. The molecule has 0 bridgehead atoms. The monoisotopic (exact) mass is 427 g/mol. The van der Waals surface area contributed by atoms with Gasteiger partial charge in [-0.05, 0) is 43.7 Å². The zero-order chi connectivity index (χ0) is 21.8. The number of aromatic nitrogens is 3. The SMILES string of the molecule is C[C@@H]1CN(c2cc(Nc3nnccc3-c3ccc(OC(F)F)cc3)ccn2)C[C@H](C)O1. The van der Waals surface area contributed by atoms with Gasteiger partial charge in [0.15, 0.2) is 5.82 Å². The van der Waals surface area contributed by atoms with E-state index < -0.39 is 6.61 Å². The van der Waals surface area contributed by atoms with Crippen LogP contribution in [0.3, 0.4) is 0 Å². The second-order valence-electron chi connectivity index (χ2n) is 7.39. The summed E-state index contributed by atoms with van der Waals surface area (Å²) in [5.74, 6) is 1.50. The Hall–Kier alpha value is -3.33. The number of hydrogen-bond donors (Lipinski definition) is 1. The van der Waals surface area contributed by atoms with Crippen LogP contribution in [-0.4, -0.2) is 47.1 Å². The molecule has 0 unspecified atom stereocenters. The largest absolute Gasteiger partial charge is 0.435 e. The Morgan fingerprint density at radius 1 is 1.06 bits per heavy atom. The van der Waals surface area contributed by atoms with E-state index in [1.165, 1.54) is 12.1 Å². The lowest BCUT2D eigenvalue weighted by atomic mass is 10.1. The molecule has 7 nitrogen and oxygen atoms in total. The molecule has 1 aromatic carbocycles. The van der Waals surface area contributed by atoms with Gasteiger partial charge in [0.2, 0.25) is 0 Å². The second kappa shape index (κ2) is 9.22. The summed E-state index contributed by atoms with van der Waals surface area (Å²) in [7, 11) is 0. The maximum atomic E-state index is 12.4. The molecule has 3 heterocycles. The van der Waals surface area contributed by atoms with E-state index in [0.29, 0.717) is 5.82 Å². The Bertz CT molecular complexity index is 1010. The first-order valence-corrected chi connectivity index (χ1v) is 9.98. The van der Waals surface area contributed by atoms with E-state index in [0.717, 1.165) is 35.7 Å². The lowest BCUT2D eigenvalue weighted by molar-refractivity contribution is -0.0498. The highest BCUT2D eigenvalue weighted by molar-refractivity contribution is 5.78. The summed E-state index contributed by atoms with van der Waals surface area (Å²) in [6.45, 7) is 2.78. The summed E-state index contributed by atoms with van der Waals surface area (Å²) >= 11 is 0. The van der Waals surface area contributed by atoms with E-state index in [1.54, 1.807) is 24.5 Å². The Kier molecular flexibility index (Phi) is 6.22. The Balaban J connectivity index is 1.55. The number of hydrogen-bond acceptors (Lipinski definition) is 7. The predicted octanol–water partition coefficient (Wildman–Crippen LogP) is 4.50. The highest BCUT2D eigenvalue weighted by Gasteiger charge is 2.23. The van der Waals surface area contributed by atoms with Crippen LogP contribution < -0.4 is 15.0 Å². The minimum atomic E-state index is -2.86. The molecule has 0 aliphatic carbocycles. The smallest absolute Gasteiger partial charge is 0.387 e. The quantitative estimate of drug-likeness (QED) is 0.621. The molecule has 31 heavy (non-hydrogen) atoms. The molecule has 0 radical (unpaired) electrons. The molecule has 1 saturated heterocycles. The summed E-state index contributed by atoms with van der Waals surface area (Å²) in [5.41, 5.74) is 2.39. The van der Waals surface area contributed by atoms with Crippen LogP contribution in [0, 0.1) is 0 Å². The zero-order valence-corrected chi connectivity index (χ0v) is 17.2. The maximum absolute atomic E-state index is 12.4. The maximum Gasteiger partial charge on any atom is 0.387 e. The van der Waals surface area contributed by atoms with Gasteiger partial charge in [-0.1, -0.05) is 12.1 Å². The standard InChI is InChI=1S/C22H23F2N5O2/c1-14-12-29(13-15(2)30-14)20-11-17(7-9-25-20)27-21-19(8-10-26-28-21)16-3-5-18(6-4-16)31-22(23)24/h3-11,14-15,22H,12-13H2,1-2H3,(H,25,27,28)/t14-,15+. The Morgan fingerprint density at radius 2 is 1.81 bits per heavy atom. The van der Waals surface area contributed by atoms with Gasteiger partial charge in [0, 0.05) is 36.6 Å². The van der Waals surface area contributed by atoms with Crippen LogP contribution in [-0.2, 0) is 4.74 Å². The van der Waals surface area contributed by atoms with Gasteiger partial charge in [0.25, 0.3) is 0 Å². The fourth-order valence-corrected chi connectivity index (χ4v) is 3.64. The summed E-state index contributed by atoms with van der Waals surface area (Å²) in [4.78, 5) is 6.70. The minimum Gasteiger partial charge on any atom is -0.435 e. The van der Waals surface area contributed by atoms with Crippen LogP contribution in [0.5, 0.6) is 5.75 Å². The van der Waals surface area contributed by atoms with E-state index in [2.05, 4.69) is 30.1 Å². The van der Waals surface area contributed by atoms with E-state index in [4.69, 9.17) is 4.74 Å². The van der Waals surface area contributed by atoms with Crippen LogP contribution in [0.15, 0.2) is 54.9 Å². The highest BCUT2D eigenvalue weighted by Crippen LogP contribution is 2.30. The Morgan fingerprint density at radius 3 is 2.52 bits per heavy atom. The second-order valence-corrected chi connectivity index (χ2v) is 7.39. The van der Waals surface area contributed by atoms with E-state index >= 15 is 0 Å². The number of benzene rings is 1. The van der Waals surface area contributed by atoms with Crippen molar-refractivity contribution in [2.24, 2.45) is 0 Å². The van der Waals surface area contributed by atoms with Gasteiger partial charge in [0.1, 0.15) is 11.6 Å². The van der Waals surface area contributed by atoms with Crippen molar-refractivity contribution in [1.29, 1.82) is 0 Å². The molecule has 2 atom stereocenters. The topological polar surface area (TPSA) is 72.4 Å². The molecule has 9 heteroatoms. The molecular weight excluding hydrogens is 404 g/mol. The molecule has 0 saturated carbocycles. The van der Waals surface area contributed by atoms with E-state index in [9.17, 15) is 8.78 Å². The summed E-state index contributed by atoms with van der Waals surface area (Å²) in [6.07, 6.45) is 3.59. The van der Waals surface area contributed by atoms with Gasteiger partial charge in [-0.2, -0.15) is 13.9 Å². The molecule has 162 valence electrons. The molecule has 1 fully saturated rings. The summed E-state index contributed by atoms with van der Waals surface area (Å²) in [6, 6.07) is 12.0. The summed E-state index contributed by atoms with van der Waals surface area (Å²) in [5, 5.41) is 11.5. The number of nitrogens with zero attached hydrogens (tertiary/aromatic N) is 4. The van der Waals surface area contributed by atoms with Gasteiger partial charge in [-0.15, -0.1) is 5.10 Å². The normalized spacial score (nSPS) is 18.8. The number of anilines is 3. The van der Waals surface area contributed by atoms with Crippen molar-refractivity contribution in [3.05, 3.63) is 54.9 Å². The van der Waals surface area contributed by atoms with Crippen molar-refractivity contribution in [3.8, 4) is 16.9 Å². The molecule has 1 aliphatic rings. The van der Waals surface area contributed by atoms with Crippen LogP contribution >= 0.6 is 0 Å². The number of rotatable bonds is 6. The average Bonchev–Trinajstić information content (AvgIpc) is 2.74. The molecule has 0 spiro atoms. The zero-order valence-electron chi connectivity index (χ0n) is 17.2. The molecule has 1 N–H and O–H groups in total. The molecule has 2 aromatic heterocycles. The molecule has 3 aromatic rings. The van der Waals surface area contributed by atoms with Crippen molar-refractivity contribution < 1.29 is 18.3 Å². The molecule has 4 rings (SSSR count). The van der Waals surface area contributed by atoms with Crippen LogP contribution in [0.1, 0.15) is 13.8 Å². The fourth-order valence-electron chi connectivity index (χ4n) is 3.64. The number of pyridine rings is 1. The van der Waals surface area contributed by atoms with Crippen molar-refractivity contribution in [2.45, 2.75) is 32.7 Å². The summed E-state index contributed by atoms with van der Waals surface area (Å²) < 4.78 is 35.0. The average molecular weight is 427 g/mol. The van der Waals surface area contributed by atoms with Crippen LogP contribution in [0.25, 0.3) is 11.1 Å². The molecule has 1 aliphatic heterocycles. The third kappa shape index (κ3) is 5.24. The van der Waals surface area contributed by atoms with Crippen LogP contribution in [0.2, 0.25) is 0 Å². The van der Waals surface area contributed by atoms with Crippen molar-refractivity contribution in [2.75, 3.05) is 23.3 Å². The van der Waals surface area contributed by atoms with Gasteiger partial charge in [0.05, 0.1) is 18.4 Å². The Labute approximate surface area is 179 Å². The predicted molar refractivity (Wildman–Crippen MR) is 114 cm³/mol. The van der Waals surface area contributed by atoms with E-state index in [1.807, 2.05) is 32.0 Å². The minimum absolute atomic E-state index is 0.100. The first-order valence-electron chi connectivity index (χ1n) is 9.98. The van der Waals surface area contributed by atoms with Gasteiger partial charge in [-0.25, -0.2) is 4.98 Å². The first kappa shape index (κ1) is 20.9. The molecule has 0 amide bonds. The third-order valence-corrected chi connectivity index (χ3v) is 4.86. The molecular formula is C22H23F2N5O2. The number of ether oxygens (including phenoxy) is 2. The number of alkyl halides is 2. The fraction of sp³-hybridized carbons (Fsp3) is 0.318. The van der Waals surface area contributed by atoms with Gasteiger partial charge in [-0.3, -0.25) is 0 Å². The first-order chi connectivity index (χ1) is 15.0. The van der Waals surface area contributed by atoms with Crippen molar-refractivity contribution >= 4 is 17.3 Å². The number of nitrogens with one attached hydrogen (secondary N) is 1.